The zero-order chi connectivity index (χ0) is 14.7. The second-order valence-corrected chi connectivity index (χ2v) is 4.41. The first-order valence-electron chi connectivity index (χ1n) is 6.35. The lowest BCUT2D eigenvalue weighted by Gasteiger charge is -2.09. The number of anilines is 2. The first-order valence-corrected chi connectivity index (χ1v) is 6.35. The molecule has 0 amide bonds. The van der Waals surface area contributed by atoms with Crippen LogP contribution in [0.2, 0.25) is 0 Å². The summed E-state index contributed by atoms with van der Waals surface area (Å²) < 4.78 is 5.72. The molecule has 0 atom stereocenters. The Hall–Kier alpha value is -3.08. The van der Waals surface area contributed by atoms with Crippen molar-refractivity contribution in [3.05, 3.63) is 70.4 Å². The van der Waals surface area contributed by atoms with Crippen LogP contribution in [0.4, 0.5) is 11.6 Å². The van der Waals surface area contributed by atoms with Crippen molar-refractivity contribution in [1.82, 2.24) is 0 Å². The molecule has 3 aromatic rings. The molecular weight excluding hydrogens is 268 g/mol. The SMILES string of the molecule is O=c1c(/C=N/O)c(Nc2ccccc2)oc2ccccc12. The van der Waals surface area contributed by atoms with Crippen LogP contribution in [0.1, 0.15) is 5.56 Å². The summed E-state index contributed by atoms with van der Waals surface area (Å²) in [4.78, 5) is 12.4. The van der Waals surface area contributed by atoms with E-state index in [4.69, 9.17) is 9.62 Å². The van der Waals surface area contributed by atoms with Gasteiger partial charge in [-0.05, 0) is 24.3 Å². The maximum Gasteiger partial charge on any atom is 0.210 e. The Labute approximate surface area is 120 Å². The maximum atomic E-state index is 12.4. The van der Waals surface area contributed by atoms with Gasteiger partial charge in [0.15, 0.2) is 0 Å². The normalized spacial score (nSPS) is 11.0. The van der Waals surface area contributed by atoms with Gasteiger partial charge in [0, 0.05) is 5.69 Å². The Kier molecular flexibility index (Phi) is 3.39. The van der Waals surface area contributed by atoms with E-state index in [0.717, 1.165) is 11.9 Å². The second-order valence-electron chi connectivity index (χ2n) is 4.41. The van der Waals surface area contributed by atoms with Crippen molar-refractivity contribution in [2.75, 3.05) is 5.32 Å². The molecule has 0 saturated heterocycles. The molecule has 0 unspecified atom stereocenters. The Bertz CT molecular complexity index is 854. The number of hydrogen-bond donors (Lipinski definition) is 2. The van der Waals surface area contributed by atoms with Crippen LogP contribution in [-0.2, 0) is 0 Å². The molecule has 0 radical (unpaired) electrons. The third kappa shape index (κ3) is 2.49. The van der Waals surface area contributed by atoms with E-state index < -0.39 is 0 Å². The van der Waals surface area contributed by atoms with Gasteiger partial charge in [0.25, 0.3) is 0 Å². The monoisotopic (exact) mass is 280 g/mol. The molecule has 0 aliphatic carbocycles. The van der Waals surface area contributed by atoms with Gasteiger partial charge in [-0.3, -0.25) is 4.79 Å². The number of oxime groups is 1. The molecule has 21 heavy (non-hydrogen) atoms. The highest BCUT2D eigenvalue weighted by atomic mass is 16.4. The van der Waals surface area contributed by atoms with Gasteiger partial charge in [-0.15, -0.1) is 0 Å². The minimum absolute atomic E-state index is 0.167. The number of hydrogen-bond acceptors (Lipinski definition) is 5. The fourth-order valence-electron chi connectivity index (χ4n) is 2.08. The number of nitrogens with zero attached hydrogens (tertiary/aromatic N) is 1. The smallest absolute Gasteiger partial charge is 0.210 e. The summed E-state index contributed by atoms with van der Waals surface area (Å²) in [6, 6.07) is 16.2. The van der Waals surface area contributed by atoms with Crippen LogP contribution >= 0.6 is 0 Å². The van der Waals surface area contributed by atoms with Gasteiger partial charge >= 0.3 is 0 Å². The Morgan fingerprint density at radius 1 is 1.05 bits per heavy atom. The molecule has 104 valence electrons. The van der Waals surface area contributed by atoms with Gasteiger partial charge in [-0.1, -0.05) is 35.5 Å². The average Bonchev–Trinajstić information content (AvgIpc) is 2.52. The molecule has 0 fully saturated rings. The van der Waals surface area contributed by atoms with Crippen molar-refractivity contribution in [3.63, 3.8) is 0 Å². The quantitative estimate of drug-likeness (QED) is 0.438. The van der Waals surface area contributed by atoms with Crippen molar-refractivity contribution in [2.24, 2.45) is 5.16 Å². The Morgan fingerprint density at radius 3 is 2.52 bits per heavy atom. The minimum atomic E-state index is -0.256. The van der Waals surface area contributed by atoms with E-state index in [9.17, 15) is 4.79 Å². The van der Waals surface area contributed by atoms with Crippen molar-refractivity contribution in [1.29, 1.82) is 0 Å². The van der Waals surface area contributed by atoms with E-state index in [0.29, 0.717) is 11.0 Å². The lowest BCUT2D eigenvalue weighted by atomic mass is 10.1. The highest BCUT2D eigenvalue weighted by Crippen LogP contribution is 2.22. The first kappa shape index (κ1) is 12.9. The van der Waals surface area contributed by atoms with Crippen LogP contribution in [0.15, 0.2) is 69.0 Å². The van der Waals surface area contributed by atoms with E-state index in [1.54, 1.807) is 24.3 Å². The summed E-state index contributed by atoms with van der Waals surface area (Å²) in [6.45, 7) is 0. The third-order valence-corrected chi connectivity index (χ3v) is 3.05. The van der Waals surface area contributed by atoms with Crippen LogP contribution in [0.25, 0.3) is 11.0 Å². The van der Waals surface area contributed by atoms with Gasteiger partial charge in [0.2, 0.25) is 11.3 Å². The molecule has 1 heterocycles. The maximum absolute atomic E-state index is 12.4. The molecule has 5 heteroatoms. The lowest BCUT2D eigenvalue weighted by Crippen LogP contribution is -2.12. The van der Waals surface area contributed by atoms with E-state index in [1.807, 2.05) is 30.3 Å². The molecule has 2 N–H and O–H groups in total. The summed E-state index contributed by atoms with van der Waals surface area (Å²) >= 11 is 0. The number of nitrogens with one attached hydrogen (secondary N) is 1. The summed E-state index contributed by atoms with van der Waals surface area (Å²) in [5, 5.41) is 15.2. The molecule has 0 aliphatic heterocycles. The average molecular weight is 280 g/mol. The van der Waals surface area contributed by atoms with Gasteiger partial charge in [-0.2, -0.15) is 0 Å². The summed E-state index contributed by atoms with van der Waals surface area (Å²) in [7, 11) is 0. The molecule has 1 aromatic heterocycles. The molecule has 2 aromatic carbocycles. The molecule has 0 bridgehead atoms. The minimum Gasteiger partial charge on any atom is -0.439 e. The van der Waals surface area contributed by atoms with Crippen LogP contribution < -0.4 is 10.7 Å². The van der Waals surface area contributed by atoms with Crippen LogP contribution in [0.3, 0.4) is 0 Å². The molecule has 0 aliphatic rings. The van der Waals surface area contributed by atoms with E-state index in [-0.39, 0.29) is 16.9 Å². The summed E-state index contributed by atoms with van der Waals surface area (Å²) in [5.74, 6) is 0.239. The van der Waals surface area contributed by atoms with Gasteiger partial charge in [0.05, 0.1) is 11.6 Å². The molecule has 0 spiro atoms. The van der Waals surface area contributed by atoms with Crippen LogP contribution in [-0.4, -0.2) is 11.4 Å². The van der Waals surface area contributed by atoms with E-state index in [2.05, 4.69) is 10.5 Å². The van der Waals surface area contributed by atoms with Crippen molar-refractivity contribution >= 4 is 28.8 Å². The highest BCUT2D eigenvalue weighted by molar-refractivity contribution is 5.92. The number of rotatable bonds is 3. The van der Waals surface area contributed by atoms with Crippen molar-refractivity contribution in [2.45, 2.75) is 0 Å². The summed E-state index contributed by atoms with van der Waals surface area (Å²) in [5.41, 5.74) is 1.15. The fraction of sp³-hybridized carbons (Fsp3) is 0. The molecule has 0 saturated carbocycles. The van der Waals surface area contributed by atoms with Crippen molar-refractivity contribution < 1.29 is 9.62 Å². The van der Waals surface area contributed by atoms with E-state index >= 15 is 0 Å². The number of fused-ring (bicyclic) bond motifs is 1. The van der Waals surface area contributed by atoms with Crippen LogP contribution in [0.5, 0.6) is 0 Å². The zero-order valence-corrected chi connectivity index (χ0v) is 11.0. The largest absolute Gasteiger partial charge is 0.439 e. The summed E-state index contributed by atoms with van der Waals surface area (Å²) in [6.07, 6.45) is 1.07. The molecular formula is C16H12N2O3. The predicted molar refractivity (Wildman–Crippen MR) is 81.6 cm³/mol. The number of benzene rings is 2. The van der Waals surface area contributed by atoms with Gasteiger partial charge in [0.1, 0.15) is 11.1 Å². The zero-order valence-electron chi connectivity index (χ0n) is 11.0. The lowest BCUT2D eigenvalue weighted by molar-refractivity contribution is 0.321. The van der Waals surface area contributed by atoms with Gasteiger partial charge < -0.3 is 14.9 Å². The van der Waals surface area contributed by atoms with Crippen molar-refractivity contribution in [3.8, 4) is 0 Å². The highest BCUT2D eigenvalue weighted by Gasteiger charge is 2.13. The molecule has 5 nitrogen and oxygen atoms in total. The molecule has 3 rings (SSSR count). The van der Waals surface area contributed by atoms with E-state index in [1.165, 1.54) is 0 Å². The number of para-hydroxylation sites is 2. The standard InChI is InChI=1S/C16H12N2O3/c19-15-12-8-4-5-9-14(12)21-16(13(15)10-17-20)18-11-6-2-1-3-7-11/h1-10,18,20H/b17-10+. The Balaban J connectivity index is 2.20. The topological polar surface area (TPSA) is 74.8 Å². The Morgan fingerprint density at radius 2 is 1.76 bits per heavy atom. The van der Waals surface area contributed by atoms with Gasteiger partial charge in [-0.25, -0.2) is 0 Å². The fourth-order valence-corrected chi connectivity index (χ4v) is 2.08. The third-order valence-electron chi connectivity index (χ3n) is 3.05. The second kappa shape index (κ2) is 5.50. The predicted octanol–water partition coefficient (Wildman–Crippen LogP) is 3.34. The first-order chi connectivity index (χ1) is 10.3. The van der Waals surface area contributed by atoms with Crippen LogP contribution in [0, 0.1) is 0 Å².